The molecule has 0 radical (unpaired) electrons. The maximum absolute atomic E-state index is 6.45. The number of rotatable bonds is 4. The molecule has 0 aliphatic carbocycles. The van der Waals surface area contributed by atoms with Crippen molar-refractivity contribution in [3.05, 3.63) is 170 Å². The number of aromatic nitrogens is 4. The van der Waals surface area contributed by atoms with Crippen LogP contribution in [-0.2, 0) is 0 Å². The predicted octanol–water partition coefficient (Wildman–Crippen LogP) is 11.9. The third-order valence-corrected chi connectivity index (χ3v) is 10.1. The van der Waals surface area contributed by atoms with Gasteiger partial charge >= 0.3 is 0 Å². The molecule has 0 bridgehead atoms. The molecule has 0 unspecified atom stereocenters. The lowest BCUT2D eigenvalue weighted by atomic mass is 10.1. The molecule has 0 saturated carbocycles. The van der Waals surface area contributed by atoms with Crippen molar-refractivity contribution < 1.29 is 4.42 Å². The summed E-state index contributed by atoms with van der Waals surface area (Å²) in [5, 5.41) is 6.80. The Hall–Kier alpha value is -6.98. The molecule has 0 N–H and O–H groups in total. The molecule has 5 heteroatoms. The van der Waals surface area contributed by atoms with E-state index in [0.29, 0.717) is 5.95 Å². The molecule has 0 saturated heterocycles. The fourth-order valence-electron chi connectivity index (χ4n) is 7.94. The molecule has 0 spiro atoms. The summed E-state index contributed by atoms with van der Waals surface area (Å²) >= 11 is 0. The van der Waals surface area contributed by atoms with Crippen molar-refractivity contribution in [2.75, 3.05) is 0 Å². The number of para-hydroxylation sites is 3. The van der Waals surface area contributed by atoms with E-state index in [1.54, 1.807) is 0 Å². The second-order valence-corrected chi connectivity index (χ2v) is 13.0. The molecule has 11 aromatic rings. The van der Waals surface area contributed by atoms with Gasteiger partial charge in [-0.2, -0.15) is 0 Å². The predicted molar refractivity (Wildman–Crippen MR) is 209 cm³/mol. The molecule has 4 heterocycles. The average Bonchev–Trinajstić information content (AvgIpc) is 3.86. The SMILES string of the molecule is c1ccc(-c2cc(-c3ccccc3)nc(-n3c4ccccc4c4ccc5c6ccc7oc8ccccc8c7c6n(-c6ccccc6)c5c43)n2)cc1. The van der Waals surface area contributed by atoms with Crippen LogP contribution in [0.5, 0.6) is 0 Å². The average molecular weight is 653 g/mol. The Balaban J connectivity index is 1.36. The van der Waals surface area contributed by atoms with Crippen molar-refractivity contribution in [3.8, 4) is 34.2 Å². The first kappa shape index (κ1) is 27.9. The summed E-state index contributed by atoms with van der Waals surface area (Å²) in [6.45, 7) is 0. The minimum absolute atomic E-state index is 0.623. The monoisotopic (exact) mass is 652 g/mol. The van der Waals surface area contributed by atoms with Gasteiger partial charge in [0, 0.05) is 43.7 Å². The van der Waals surface area contributed by atoms with Crippen LogP contribution in [0.2, 0.25) is 0 Å². The first-order valence-electron chi connectivity index (χ1n) is 17.2. The van der Waals surface area contributed by atoms with E-state index in [-0.39, 0.29) is 0 Å². The van der Waals surface area contributed by atoms with Crippen LogP contribution < -0.4 is 0 Å². The van der Waals surface area contributed by atoms with Crippen LogP contribution in [0.3, 0.4) is 0 Å². The summed E-state index contributed by atoms with van der Waals surface area (Å²) in [5.41, 5.74) is 10.9. The molecule has 0 aliphatic heterocycles. The molecular weight excluding hydrogens is 625 g/mol. The van der Waals surface area contributed by atoms with E-state index in [0.717, 1.165) is 93.8 Å². The lowest BCUT2D eigenvalue weighted by molar-refractivity contribution is 0.669. The summed E-state index contributed by atoms with van der Waals surface area (Å²) in [7, 11) is 0. The maximum atomic E-state index is 6.45. The minimum Gasteiger partial charge on any atom is -0.456 e. The van der Waals surface area contributed by atoms with E-state index >= 15 is 0 Å². The molecule has 0 amide bonds. The van der Waals surface area contributed by atoms with E-state index < -0.39 is 0 Å². The lowest BCUT2D eigenvalue weighted by Crippen LogP contribution is -2.05. The van der Waals surface area contributed by atoms with Crippen molar-refractivity contribution in [3.63, 3.8) is 0 Å². The van der Waals surface area contributed by atoms with E-state index in [1.165, 1.54) is 0 Å². The number of hydrogen-bond acceptors (Lipinski definition) is 3. The zero-order valence-electron chi connectivity index (χ0n) is 27.4. The molecule has 238 valence electrons. The molecule has 4 aromatic heterocycles. The number of nitrogens with zero attached hydrogens (tertiary/aromatic N) is 4. The van der Waals surface area contributed by atoms with E-state index in [1.807, 2.05) is 24.3 Å². The largest absolute Gasteiger partial charge is 0.456 e. The Morgan fingerprint density at radius 3 is 1.63 bits per heavy atom. The van der Waals surface area contributed by atoms with Crippen molar-refractivity contribution >= 4 is 65.6 Å². The van der Waals surface area contributed by atoms with Gasteiger partial charge in [0.05, 0.1) is 38.8 Å². The number of furan rings is 1. The Labute approximate surface area is 292 Å². The Morgan fingerprint density at radius 1 is 0.392 bits per heavy atom. The quantitative estimate of drug-likeness (QED) is 0.190. The van der Waals surface area contributed by atoms with Gasteiger partial charge in [-0.25, -0.2) is 9.97 Å². The van der Waals surface area contributed by atoms with Gasteiger partial charge in [-0.1, -0.05) is 127 Å². The molecule has 51 heavy (non-hydrogen) atoms. The fourth-order valence-corrected chi connectivity index (χ4v) is 7.94. The van der Waals surface area contributed by atoms with Gasteiger partial charge in [-0.05, 0) is 42.5 Å². The minimum atomic E-state index is 0.623. The number of benzene rings is 7. The molecule has 0 fully saturated rings. The summed E-state index contributed by atoms with van der Waals surface area (Å²) in [4.78, 5) is 10.7. The summed E-state index contributed by atoms with van der Waals surface area (Å²) in [5.74, 6) is 0.623. The van der Waals surface area contributed by atoms with Gasteiger partial charge in [0.15, 0.2) is 0 Å². The lowest BCUT2D eigenvalue weighted by Gasteiger charge is -2.14. The highest BCUT2D eigenvalue weighted by atomic mass is 16.3. The normalized spacial score (nSPS) is 11.9. The highest BCUT2D eigenvalue weighted by Crippen LogP contribution is 2.45. The highest BCUT2D eigenvalue weighted by Gasteiger charge is 2.25. The van der Waals surface area contributed by atoms with Crippen LogP contribution in [0.4, 0.5) is 0 Å². The zero-order chi connectivity index (χ0) is 33.5. The van der Waals surface area contributed by atoms with Gasteiger partial charge in [0.1, 0.15) is 11.2 Å². The van der Waals surface area contributed by atoms with Gasteiger partial charge in [0.25, 0.3) is 0 Å². The first-order chi connectivity index (χ1) is 25.3. The summed E-state index contributed by atoms with van der Waals surface area (Å²) in [6.07, 6.45) is 0. The third kappa shape index (κ3) is 4.09. The second-order valence-electron chi connectivity index (χ2n) is 13.0. The Kier molecular flexibility index (Phi) is 5.89. The zero-order valence-corrected chi connectivity index (χ0v) is 27.4. The topological polar surface area (TPSA) is 48.8 Å². The summed E-state index contributed by atoms with van der Waals surface area (Å²) in [6, 6.07) is 59.3. The molecule has 5 nitrogen and oxygen atoms in total. The van der Waals surface area contributed by atoms with E-state index in [4.69, 9.17) is 14.4 Å². The van der Waals surface area contributed by atoms with Crippen molar-refractivity contribution in [2.24, 2.45) is 0 Å². The van der Waals surface area contributed by atoms with Gasteiger partial charge < -0.3 is 8.98 Å². The van der Waals surface area contributed by atoms with Crippen molar-refractivity contribution in [1.82, 2.24) is 19.1 Å². The van der Waals surface area contributed by atoms with Crippen LogP contribution in [0.1, 0.15) is 0 Å². The maximum Gasteiger partial charge on any atom is 0.235 e. The fraction of sp³-hybridized carbons (Fsp3) is 0. The van der Waals surface area contributed by atoms with Crippen LogP contribution in [0.15, 0.2) is 174 Å². The third-order valence-electron chi connectivity index (χ3n) is 10.1. The smallest absolute Gasteiger partial charge is 0.235 e. The van der Waals surface area contributed by atoms with Crippen LogP contribution in [-0.4, -0.2) is 19.1 Å². The van der Waals surface area contributed by atoms with Crippen LogP contribution in [0, 0.1) is 0 Å². The number of hydrogen-bond donors (Lipinski definition) is 0. The van der Waals surface area contributed by atoms with Crippen LogP contribution in [0.25, 0.3) is 99.7 Å². The highest BCUT2D eigenvalue weighted by molar-refractivity contribution is 6.29. The Morgan fingerprint density at radius 2 is 0.922 bits per heavy atom. The summed E-state index contributed by atoms with van der Waals surface area (Å²) < 4.78 is 11.1. The Bertz CT molecular complexity index is 3060. The van der Waals surface area contributed by atoms with Gasteiger partial charge in [0.2, 0.25) is 5.95 Å². The molecule has 11 rings (SSSR count). The van der Waals surface area contributed by atoms with Gasteiger partial charge in [-0.3, -0.25) is 4.57 Å². The van der Waals surface area contributed by atoms with Gasteiger partial charge in [-0.15, -0.1) is 0 Å². The second kappa shape index (κ2) is 10.8. The van der Waals surface area contributed by atoms with E-state index in [9.17, 15) is 0 Å². The van der Waals surface area contributed by atoms with Crippen molar-refractivity contribution in [2.45, 2.75) is 0 Å². The molecular formula is C46H28N4O. The molecule has 7 aromatic carbocycles. The number of fused-ring (bicyclic) bond motifs is 11. The molecule has 0 atom stereocenters. The standard InChI is InChI=1S/C46H28N4O/c1-4-14-29(15-5-1)37-28-38(30-16-6-2-7-17-30)48-46(47-37)50-39-22-12-10-20-32(39)33-24-25-35-34-26-27-41-42(36-21-11-13-23-40(36)51-41)43(34)49(44(35)45(33)50)31-18-8-3-9-19-31/h1-28H. The van der Waals surface area contributed by atoms with Crippen LogP contribution >= 0.6 is 0 Å². The van der Waals surface area contributed by atoms with Crippen molar-refractivity contribution in [1.29, 1.82) is 0 Å². The first-order valence-corrected chi connectivity index (χ1v) is 17.2. The molecule has 0 aliphatic rings. The van der Waals surface area contributed by atoms with E-state index in [2.05, 4.69) is 155 Å².